The molecule has 0 saturated heterocycles. The predicted octanol–water partition coefficient (Wildman–Crippen LogP) is 3.58. The van der Waals surface area contributed by atoms with Gasteiger partial charge in [-0.1, -0.05) is 36.8 Å². The number of para-hydroxylation sites is 1. The van der Waals surface area contributed by atoms with Crippen molar-refractivity contribution in [1.29, 1.82) is 0 Å². The molecule has 2 aliphatic heterocycles. The molecule has 190 valence electrons. The van der Waals surface area contributed by atoms with E-state index in [2.05, 4.69) is 40.7 Å². The summed E-state index contributed by atoms with van der Waals surface area (Å²) in [7, 11) is 0. The zero-order chi connectivity index (χ0) is 25.4. The van der Waals surface area contributed by atoms with Gasteiger partial charge in [0.1, 0.15) is 18.0 Å². The Morgan fingerprint density at radius 3 is 2.64 bits per heavy atom. The summed E-state index contributed by atoms with van der Waals surface area (Å²) in [6, 6.07) is 13.9. The number of nitrogens with one attached hydrogen (secondary N) is 2. The number of benzene rings is 2. The molecule has 0 bridgehead atoms. The Balaban J connectivity index is 0.000000278. The molecular weight excluding hydrogens is 678 g/mol. The minimum Gasteiger partial charge on any atom is -0.490 e. The summed E-state index contributed by atoms with van der Waals surface area (Å²) in [4.78, 5) is 14.8. The number of nitrogens with zero attached hydrogens (tertiary/aromatic N) is 1. The molecule has 1 amide bonds. The van der Waals surface area contributed by atoms with Crippen molar-refractivity contribution in [2.24, 2.45) is 10.7 Å². The number of carbonyl (C=O) groups is 1. The van der Waals surface area contributed by atoms with E-state index < -0.39 is 5.60 Å². The molecule has 5 N–H and O–H groups in total. The molecule has 2 heterocycles. The predicted molar refractivity (Wildman–Crippen MR) is 138 cm³/mol. The Kier molecular flexibility index (Phi) is 8.65. The van der Waals surface area contributed by atoms with Crippen molar-refractivity contribution in [2.45, 2.75) is 70.1 Å². The van der Waals surface area contributed by atoms with Crippen LogP contribution in [0.25, 0.3) is 5.70 Å². The van der Waals surface area contributed by atoms with E-state index in [0.717, 1.165) is 23.3 Å². The van der Waals surface area contributed by atoms with Gasteiger partial charge in [0, 0.05) is 36.7 Å². The first kappa shape index (κ1) is 28.3. The van der Waals surface area contributed by atoms with Crippen molar-refractivity contribution in [3.8, 4) is 5.75 Å². The fraction of sp³-hybridized carbons (Fsp3) is 0.429. The largest absolute Gasteiger partial charge is 0.490 e. The summed E-state index contributed by atoms with van der Waals surface area (Å²) < 4.78 is 5.69. The molecule has 2 unspecified atom stereocenters. The van der Waals surface area contributed by atoms with Gasteiger partial charge in [-0.3, -0.25) is 16.7 Å². The second kappa shape index (κ2) is 11.0. The van der Waals surface area contributed by atoms with Gasteiger partial charge >= 0.3 is 0 Å². The standard InChI is InChI=1S/C22H24NO2.C6H11N3O.U/c1-14-8-9-17-12-16(10-11-18(14)17)15(2)23-21-19-6-4-5-7-20(19)25-13-22(21,3)24;1-6(2)3-4(10)8-5(7)9-6;/h2,4-7,10-12,14,21,23-24H,8-9,13H2,1,3H3;3H2,1-2H3,(H3,7,8,9,10);/q-1;;/t14?,21?,22-;;/m0../s1. The van der Waals surface area contributed by atoms with Crippen molar-refractivity contribution in [2.75, 3.05) is 6.61 Å². The van der Waals surface area contributed by atoms with Gasteiger partial charge < -0.3 is 20.9 Å². The van der Waals surface area contributed by atoms with Gasteiger partial charge in [-0.05, 0) is 51.2 Å². The molecule has 0 spiro atoms. The van der Waals surface area contributed by atoms with Crippen LogP contribution in [-0.4, -0.2) is 34.7 Å². The van der Waals surface area contributed by atoms with Crippen LogP contribution in [0.2, 0.25) is 0 Å². The summed E-state index contributed by atoms with van der Waals surface area (Å²) >= 11 is 0. The molecule has 3 aliphatic rings. The second-order valence-electron chi connectivity index (χ2n) is 10.6. The van der Waals surface area contributed by atoms with Crippen molar-refractivity contribution >= 4 is 17.6 Å². The van der Waals surface area contributed by atoms with E-state index in [1.807, 2.05) is 38.1 Å². The summed E-state index contributed by atoms with van der Waals surface area (Å²) in [6.07, 6.45) is 2.72. The topological polar surface area (TPSA) is 109 Å². The molecule has 2 aromatic carbocycles. The van der Waals surface area contributed by atoms with E-state index in [1.54, 1.807) is 6.92 Å². The fourth-order valence-corrected chi connectivity index (χ4v) is 4.94. The van der Waals surface area contributed by atoms with Gasteiger partial charge in [-0.15, -0.1) is 17.8 Å². The number of nitrogens with two attached hydrogens (primary N) is 1. The van der Waals surface area contributed by atoms with Crippen LogP contribution in [-0.2, 0) is 11.2 Å². The van der Waals surface area contributed by atoms with Crippen LogP contribution in [0.5, 0.6) is 5.75 Å². The number of aliphatic imine (C=N–C) groups is 1. The zero-order valence-corrected chi connectivity index (χ0v) is 25.6. The number of hydrogen-bond donors (Lipinski definition) is 4. The number of carbonyl (C=O) groups excluding carboxylic acids is 1. The second-order valence-corrected chi connectivity index (χ2v) is 10.6. The van der Waals surface area contributed by atoms with Gasteiger partial charge in [0.15, 0.2) is 5.96 Å². The number of hydrogen-bond acceptors (Lipinski definition) is 6. The Morgan fingerprint density at radius 2 is 1.94 bits per heavy atom. The number of aliphatic hydroxyl groups is 1. The number of fused-ring (bicyclic) bond motifs is 2. The molecule has 2 aromatic rings. The first-order valence-corrected chi connectivity index (χ1v) is 12.1. The van der Waals surface area contributed by atoms with E-state index in [-0.39, 0.29) is 61.2 Å². The average molecular weight is 714 g/mol. The van der Waals surface area contributed by atoms with Gasteiger partial charge in [-0.25, -0.2) is 4.99 Å². The molecule has 8 heteroatoms. The minimum absolute atomic E-state index is 0. The minimum atomic E-state index is -1.04. The molecular formula is C28H35N4O3U-. The average Bonchev–Trinajstić information content (AvgIpc) is 3.14. The Hall–Kier alpha value is -2.27. The molecule has 0 fully saturated rings. The maximum atomic E-state index is 10.8. The molecule has 7 nitrogen and oxygen atoms in total. The zero-order valence-electron chi connectivity index (χ0n) is 21.4. The first-order chi connectivity index (χ1) is 16.4. The van der Waals surface area contributed by atoms with Crippen molar-refractivity contribution in [3.05, 3.63) is 71.3 Å². The first-order valence-electron chi connectivity index (χ1n) is 12.1. The smallest absolute Gasteiger partial charge is 0.229 e. The molecule has 36 heavy (non-hydrogen) atoms. The third-order valence-corrected chi connectivity index (χ3v) is 6.79. The van der Waals surface area contributed by atoms with Crippen molar-refractivity contribution in [3.63, 3.8) is 0 Å². The summed E-state index contributed by atoms with van der Waals surface area (Å²) in [5, 5.41) is 16.6. The molecule has 1 aliphatic carbocycles. The van der Waals surface area contributed by atoms with Gasteiger partial charge in [0.25, 0.3) is 0 Å². The fourth-order valence-electron chi connectivity index (χ4n) is 4.94. The number of rotatable bonds is 3. The third kappa shape index (κ3) is 6.34. The SMILES string of the molecule is CC1(C)CC(=O)NC(N)=N1.[CH-]=C(NC1c2ccccc2OC[C@]1(C)O)c1ccc2c(c1)CCC2C.[U]. The maximum absolute atomic E-state index is 10.8. The van der Waals surface area contributed by atoms with E-state index in [0.29, 0.717) is 18.0 Å². The summed E-state index contributed by atoms with van der Waals surface area (Å²) in [6.45, 7) is 14.4. The van der Waals surface area contributed by atoms with Crippen molar-refractivity contribution in [1.82, 2.24) is 10.6 Å². The van der Waals surface area contributed by atoms with Crippen LogP contribution in [0, 0.1) is 37.7 Å². The molecule has 0 radical (unpaired) electrons. The summed E-state index contributed by atoms with van der Waals surface area (Å²) in [5.41, 5.74) is 9.26. The number of amides is 1. The molecule has 5 rings (SSSR count). The number of guanidine groups is 1. The van der Waals surface area contributed by atoms with Crippen LogP contribution in [0.1, 0.15) is 74.8 Å². The van der Waals surface area contributed by atoms with E-state index >= 15 is 0 Å². The van der Waals surface area contributed by atoms with E-state index in [1.165, 1.54) is 17.5 Å². The number of aryl methyl sites for hydroxylation is 1. The molecule has 3 atom stereocenters. The molecule has 0 aromatic heterocycles. The van der Waals surface area contributed by atoms with Crippen LogP contribution in [0.3, 0.4) is 0 Å². The van der Waals surface area contributed by atoms with Crippen LogP contribution >= 0.6 is 0 Å². The quantitative estimate of drug-likeness (QED) is 0.364. The third-order valence-electron chi connectivity index (χ3n) is 6.79. The van der Waals surface area contributed by atoms with E-state index in [4.69, 9.17) is 17.0 Å². The van der Waals surface area contributed by atoms with Gasteiger partial charge in [0.2, 0.25) is 5.91 Å². The van der Waals surface area contributed by atoms with Crippen LogP contribution in [0.15, 0.2) is 47.5 Å². The number of ether oxygens (including phenoxy) is 1. The Bertz CT molecular complexity index is 1180. The van der Waals surface area contributed by atoms with Crippen molar-refractivity contribution < 1.29 is 45.8 Å². The van der Waals surface area contributed by atoms with Gasteiger partial charge in [0.05, 0.1) is 18.0 Å². The maximum Gasteiger partial charge on any atom is 0.229 e. The molecule has 0 saturated carbocycles. The van der Waals surface area contributed by atoms with E-state index in [9.17, 15) is 9.90 Å². The van der Waals surface area contributed by atoms with Gasteiger partial charge in [-0.2, -0.15) is 5.56 Å². The van der Waals surface area contributed by atoms with Crippen LogP contribution < -0.4 is 21.1 Å². The monoisotopic (exact) mass is 713 g/mol. The Labute approximate surface area is 237 Å². The van der Waals surface area contributed by atoms with Crippen LogP contribution in [0.4, 0.5) is 0 Å². The normalized spacial score (nSPS) is 25.4. The Morgan fingerprint density at radius 1 is 1.22 bits per heavy atom. The summed E-state index contributed by atoms with van der Waals surface area (Å²) in [5.74, 6) is 1.59.